The number of benzodiazepines with no additional fused rings is 1. The summed E-state index contributed by atoms with van der Waals surface area (Å²) in [5.74, 6) is -0.467. The molecule has 1 aromatic heterocycles. The summed E-state index contributed by atoms with van der Waals surface area (Å²) < 4.78 is 1.36. The number of hydrogen-bond donors (Lipinski definition) is 5. The molecule has 15 heteroatoms. The molecule has 294 valence electrons. The maximum absolute atomic E-state index is 12.0. The SMILES string of the molecule is CC(CCc1ccccc1)NCC(O)c1ccc(O)c(C(N)=O)c1.CN1C(=O)CN=C(c2ccccc2)c2cc(Cl)ccc21.Cc1ncc([N+](=O)[O-])n1CCO. The first-order valence-electron chi connectivity index (χ1n) is 17.8. The molecule has 6 N–H and O–H groups in total. The summed E-state index contributed by atoms with van der Waals surface area (Å²) in [5, 5.41) is 42.7. The van der Waals surface area contributed by atoms with Crippen LogP contribution in [0.2, 0.25) is 5.02 Å². The lowest BCUT2D eigenvalue weighted by Crippen LogP contribution is -2.31. The van der Waals surface area contributed by atoms with Crippen LogP contribution in [-0.4, -0.2) is 80.1 Å². The minimum absolute atomic E-state index is 0.0173. The third-order valence-electron chi connectivity index (χ3n) is 8.95. The Bertz CT molecular complexity index is 2130. The van der Waals surface area contributed by atoms with Crippen molar-refractivity contribution in [3.63, 3.8) is 0 Å². The molecule has 14 nitrogen and oxygen atoms in total. The first-order valence-corrected chi connectivity index (χ1v) is 18.2. The number of nitrogens with zero attached hydrogens (tertiary/aromatic N) is 5. The molecule has 0 saturated carbocycles. The molecule has 0 bridgehead atoms. The lowest BCUT2D eigenvalue weighted by Gasteiger charge is -2.18. The number of aliphatic hydroxyl groups excluding tert-OH is 2. The second-order valence-corrected chi connectivity index (χ2v) is 13.4. The van der Waals surface area contributed by atoms with Gasteiger partial charge in [-0.05, 0) is 66.1 Å². The van der Waals surface area contributed by atoms with Gasteiger partial charge in [0.25, 0.3) is 5.91 Å². The van der Waals surface area contributed by atoms with Gasteiger partial charge in [-0.15, -0.1) is 0 Å². The summed E-state index contributed by atoms with van der Waals surface area (Å²) in [7, 11) is 1.76. The number of hydrogen-bond acceptors (Lipinski definition) is 10. The Hall–Kier alpha value is -5.93. The van der Waals surface area contributed by atoms with Crippen LogP contribution in [0.5, 0.6) is 5.75 Å². The quantitative estimate of drug-likeness (QED) is 0.0811. The van der Waals surface area contributed by atoms with E-state index in [1.54, 1.807) is 31.0 Å². The number of primary amides is 1. The maximum atomic E-state index is 12.0. The van der Waals surface area contributed by atoms with Gasteiger partial charge in [-0.1, -0.05) is 78.3 Å². The van der Waals surface area contributed by atoms with E-state index in [1.165, 1.54) is 28.5 Å². The number of anilines is 1. The lowest BCUT2D eigenvalue weighted by atomic mass is 10.0. The van der Waals surface area contributed by atoms with E-state index in [4.69, 9.17) is 22.4 Å². The molecular formula is C41H46ClN7O7. The molecule has 1 aliphatic heterocycles. The number of aliphatic hydroxyl groups is 2. The monoisotopic (exact) mass is 783 g/mol. The van der Waals surface area contributed by atoms with Crippen molar-refractivity contribution in [2.45, 2.75) is 45.4 Å². The number of rotatable bonds is 12. The number of likely N-dealkylation sites (N-methyl/N-ethyl adjacent to an activating group) is 1. The molecule has 0 aliphatic carbocycles. The first-order chi connectivity index (χ1) is 26.8. The molecule has 0 saturated heterocycles. The molecule has 0 spiro atoms. The van der Waals surface area contributed by atoms with E-state index in [-0.39, 0.29) is 48.8 Å². The number of phenols is 1. The van der Waals surface area contributed by atoms with E-state index in [0.717, 1.165) is 35.4 Å². The summed E-state index contributed by atoms with van der Waals surface area (Å²) in [6, 6.07) is 30.2. The zero-order valence-corrected chi connectivity index (χ0v) is 32.1. The van der Waals surface area contributed by atoms with Crippen LogP contribution in [0.3, 0.4) is 0 Å². The molecule has 2 atom stereocenters. The highest BCUT2D eigenvalue weighted by Gasteiger charge is 2.23. The summed E-state index contributed by atoms with van der Waals surface area (Å²) in [4.78, 5) is 43.0. The minimum atomic E-state index is -0.775. The molecule has 5 aromatic rings. The number of fused-ring (bicyclic) bond motifs is 1. The summed E-state index contributed by atoms with van der Waals surface area (Å²) >= 11 is 6.11. The zero-order chi connectivity index (χ0) is 40.8. The fraction of sp³-hybridized carbons (Fsp3) is 0.268. The third-order valence-corrected chi connectivity index (χ3v) is 9.19. The van der Waals surface area contributed by atoms with Crippen LogP contribution in [0.4, 0.5) is 11.5 Å². The first kappa shape index (κ1) is 42.8. The van der Waals surface area contributed by atoms with Gasteiger partial charge in [0.2, 0.25) is 5.91 Å². The van der Waals surface area contributed by atoms with E-state index in [2.05, 4.69) is 34.3 Å². The number of nitrogens with two attached hydrogens (primary N) is 1. The van der Waals surface area contributed by atoms with Crippen LogP contribution in [0.25, 0.3) is 0 Å². The smallest absolute Gasteiger partial charge is 0.342 e. The number of nitro groups is 1. The largest absolute Gasteiger partial charge is 0.507 e. The van der Waals surface area contributed by atoms with Crippen molar-refractivity contribution in [2.75, 3.05) is 31.6 Å². The Morgan fingerprint density at radius 1 is 1.05 bits per heavy atom. The van der Waals surface area contributed by atoms with Crippen molar-refractivity contribution in [3.8, 4) is 5.75 Å². The van der Waals surface area contributed by atoms with Crippen LogP contribution >= 0.6 is 11.6 Å². The number of imidazole rings is 1. The molecule has 1 aliphatic rings. The van der Waals surface area contributed by atoms with Gasteiger partial charge in [0.05, 0.1) is 29.7 Å². The fourth-order valence-corrected chi connectivity index (χ4v) is 5.97. The Morgan fingerprint density at radius 2 is 1.73 bits per heavy atom. The van der Waals surface area contributed by atoms with Gasteiger partial charge in [0, 0.05) is 42.7 Å². The van der Waals surface area contributed by atoms with Crippen molar-refractivity contribution in [1.82, 2.24) is 14.9 Å². The zero-order valence-electron chi connectivity index (χ0n) is 31.4. The van der Waals surface area contributed by atoms with E-state index in [0.29, 0.717) is 23.0 Å². The number of halogens is 1. The van der Waals surface area contributed by atoms with Gasteiger partial charge in [0.15, 0.2) is 5.82 Å². The minimum Gasteiger partial charge on any atom is -0.507 e. The maximum Gasteiger partial charge on any atom is 0.342 e. The molecule has 2 heterocycles. The highest BCUT2D eigenvalue weighted by molar-refractivity contribution is 6.32. The molecule has 0 radical (unpaired) electrons. The number of aromatic nitrogens is 2. The van der Waals surface area contributed by atoms with Crippen molar-refractivity contribution in [1.29, 1.82) is 0 Å². The average molecular weight is 784 g/mol. The average Bonchev–Trinajstić information content (AvgIpc) is 3.51. The Labute approximate surface area is 330 Å². The predicted octanol–water partition coefficient (Wildman–Crippen LogP) is 5.38. The molecule has 2 amide bonds. The van der Waals surface area contributed by atoms with E-state index < -0.39 is 16.9 Å². The Morgan fingerprint density at radius 3 is 2.38 bits per heavy atom. The van der Waals surface area contributed by atoms with E-state index in [9.17, 15) is 29.9 Å². The van der Waals surface area contributed by atoms with Crippen LogP contribution in [0.1, 0.15) is 57.9 Å². The number of aromatic hydroxyl groups is 1. The standard InChI is InChI=1S/C19H24N2O3.C16H13ClN2O.C6H9N3O3/c1-13(7-8-14-5-3-2-4-6-14)21-12-18(23)15-9-10-17(22)16(11-15)19(20)24;1-19-14-8-7-12(17)9-13(14)16(18-10-15(19)20)11-5-3-2-4-6-11;1-5-7-4-6(9(11)12)8(5)2-3-10/h2-6,9-11,13,18,21-23H,7-8,12H2,1H3,(H2,20,24);2-9H,10H2,1H3;4,10H,2-3H2,1H3. The topological polar surface area (TPSA) is 209 Å². The van der Waals surface area contributed by atoms with Crippen LogP contribution in [0.15, 0.2) is 108 Å². The van der Waals surface area contributed by atoms with Crippen molar-refractivity contribution in [2.24, 2.45) is 10.7 Å². The number of carbonyl (C=O) groups excluding carboxylic acids is 2. The normalized spacial score (nSPS) is 13.1. The number of aliphatic imine (C=N–C) groups is 1. The van der Waals surface area contributed by atoms with E-state index in [1.807, 2.05) is 60.7 Å². The highest BCUT2D eigenvalue weighted by Crippen LogP contribution is 2.29. The Kier molecular flexibility index (Phi) is 15.8. The van der Waals surface area contributed by atoms with Crippen LogP contribution in [-0.2, 0) is 17.8 Å². The van der Waals surface area contributed by atoms with Crippen molar-refractivity contribution in [3.05, 3.63) is 152 Å². The molecule has 2 unspecified atom stereocenters. The highest BCUT2D eigenvalue weighted by atomic mass is 35.5. The number of benzene rings is 4. The fourth-order valence-electron chi connectivity index (χ4n) is 5.80. The third kappa shape index (κ3) is 11.8. The van der Waals surface area contributed by atoms with Gasteiger partial charge in [-0.3, -0.25) is 14.6 Å². The van der Waals surface area contributed by atoms with Crippen LogP contribution in [0, 0.1) is 17.0 Å². The number of nitrogens with one attached hydrogen (secondary N) is 1. The summed E-state index contributed by atoms with van der Waals surface area (Å²) in [5.41, 5.74) is 10.6. The van der Waals surface area contributed by atoms with Crippen LogP contribution < -0.4 is 16.0 Å². The van der Waals surface area contributed by atoms with Gasteiger partial charge < -0.3 is 41.4 Å². The number of aryl methyl sites for hydroxylation is 2. The number of amides is 2. The van der Waals surface area contributed by atoms with Gasteiger partial charge in [0.1, 0.15) is 25.0 Å². The molecule has 0 fully saturated rings. The molecule has 56 heavy (non-hydrogen) atoms. The number of carbonyl (C=O) groups is 2. The van der Waals surface area contributed by atoms with Gasteiger partial charge in [-0.2, -0.15) is 0 Å². The Balaban J connectivity index is 0.000000196. The predicted molar refractivity (Wildman–Crippen MR) is 216 cm³/mol. The lowest BCUT2D eigenvalue weighted by molar-refractivity contribution is -0.392. The van der Waals surface area contributed by atoms with Crippen molar-refractivity contribution < 1.29 is 29.8 Å². The van der Waals surface area contributed by atoms with Crippen molar-refractivity contribution >= 4 is 40.6 Å². The summed E-state index contributed by atoms with van der Waals surface area (Å²) in [6.45, 7) is 4.32. The van der Waals surface area contributed by atoms with E-state index >= 15 is 0 Å². The summed E-state index contributed by atoms with van der Waals surface area (Å²) in [6.07, 6.45) is 2.34. The molecule has 6 rings (SSSR count). The molecular weight excluding hydrogens is 738 g/mol. The second-order valence-electron chi connectivity index (χ2n) is 12.9. The second kappa shape index (κ2) is 20.7. The van der Waals surface area contributed by atoms with Gasteiger partial charge in [-0.25, -0.2) is 9.55 Å². The molecule has 4 aromatic carbocycles. The van der Waals surface area contributed by atoms with Gasteiger partial charge >= 0.3 is 5.82 Å².